The molecule has 0 aromatic carbocycles. The van der Waals surface area contributed by atoms with Crippen LogP contribution < -0.4 is 0 Å². The minimum Gasteiger partial charge on any atom is -0.282 e. The average Bonchev–Trinajstić information content (AvgIpc) is 2.27. The van der Waals surface area contributed by atoms with E-state index in [1.807, 2.05) is 0 Å². The molecule has 108 valence electrons. The summed E-state index contributed by atoms with van der Waals surface area (Å²) in [5, 5.41) is -1.03. The van der Waals surface area contributed by atoms with Crippen LogP contribution in [0.25, 0.3) is 0 Å². The molecule has 0 radical (unpaired) electrons. The molecule has 1 atom stereocenters. The van der Waals surface area contributed by atoms with Crippen molar-refractivity contribution < 1.29 is 25.8 Å². The Hall–Kier alpha value is -0.210. The summed E-state index contributed by atoms with van der Waals surface area (Å²) in [7, 11) is -9.91. The van der Waals surface area contributed by atoms with Crippen LogP contribution in [0.5, 0.6) is 0 Å². The van der Waals surface area contributed by atoms with E-state index in [1.165, 1.54) is 0 Å². The highest BCUT2D eigenvalue weighted by Crippen LogP contribution is 2.40. The molecule has 1 saturated carbocycles. The summed E-state index contributed by atoms with van der Waals surface area (Å²) in [6, 6.07) is 0. The normalized spacial score (nSPS) is 22.9. The molecule has 5 nitrogen and oxygen atoms in total. The predicted octanol–water partition coefficient (Wildman–Crippen LogP) is 1.90. The SMILES string of the molecule is CC(C)C(F)(S(=O)(=O)O)S(=O)(=O)C1CCCCC1. The van der Waals surface area contributed by atoms with Gasteiger partial charge in [0.25, 0.3) is 0 Å². The van der Waals surface area contributed by atoms with Crippen molar-refractivity contribution in [2.75, 3.05) is 0 Å². The van der Waals surface area contributed by atoms with Crippen molar-refractivity contribution in [2.45, 2.75) is 55.5 Å². The lowest BCUT2D eigenvalue weighted by atomic mass is 10.0. The zero-order valence-electron chi connectivity index (χ0n) is 10.5. The third kappa shape index (κ3) is 2.42. The Labute approximate surface area is 107 Å². The first-order chi connectivity index (χ1) is 8.05. The molecule has 1 rings (SSSR count). The standard InChI is InChI=1S/C10H19FO5S2/c1-8(2)10(11,18(14,15)16)17(12,13)9-6-4-3-5-7-9/h8-9H,3-7H2,1-2H3,(H,14,15,16). The lowest BCUT2D eigenvalue weighted by Crippen LogP contribution is -2.51. The first kappa shape index (κ1) is 15.8. The van der Waals surface area contributed by atoms with Gasteiger partial charge in [-0.15, -0.1) is 0 Å². The third-order valence-electron chi connectivity index (χ3n) is 3.42. The van der Waals surface area contributed by atoms with E-state index >= 15 is 0 Å². The summed E-state index contributed by atoms with van der Waals surface area (Å²) in [5.74, 6) is -1.36. The molecule has 18 heavy (non-hydrogen) atoms. The minimum atomic E-state index is -5.33. The molecule has 0 amide bonds. The maximum atomic E-state index is 14.6. The summed E-state index contributed by atoms with van der Waals surface area (Å²) in [6.07, 6.45) is 2.61. The number of alkyl halides is 1. The van der Waals surface area contributed by atoms with Crippen LogP contribution in [0, 0.1) is 5.92 Å². The topological polar surface area (TPSA) is 88.5 Å². The van der Waals surface area contributed by atoms with Gasteiger partial charge in [0, 0.05) is 5.92 Å². The van der Waals surface area contributed by atoms with Gasteiger partial charge in [0.05, 0.1) is 5.25 Å². The number of hydrogen-bond acceptors (Lipinski definition) is 4. The van der Waals surface area contributed by atoms with Gasteiger partial charge in [0.2, 0.25) is 9.84 Å². The highest BCUT2D eigenvalue weighted by molar-refractivity contribution is 8.08. The average molecular weight is 302 g/mol. The monoisotopic (exact) mass is 302 g/mol. The van der Waals surface area contributed by atoms with Gasteiger partial charge < -0.3 is 0 Å². The molecule has 1 aliphatic rings. The molecule has 1 N–H and O–H groups in total. The first-order valence-corrected chi connectivity index (χ1v) is 8.93. The second-order valence-corrected chi connectivity index (χ2v) is 9.17. The Bertz CT molecular complexity index is 490. The molecule has 0 aromatic rings. The Morgan fingerprint density at radius 1 is 1.11 bits per heavy atom. The number of hydrogen-bond donors (Lipinski definition) is 1. The predicted molar refractivity (Wildman–Crippen MR) is 66.0 cm³/mol. The van der Waals surface area contributed by atoms with E-state index < -0.39 is 35.5 Å². The fraction of sp³-hybridized carbons (Fsp3) is 1.00. The zero-order chi connectivity index (χ0) is 14.2. The summed E-state index contributed by atoms with van der Waals surface area (Å²) < 4.78 is 66.7. The Morgan fingerprint density at radius 3 is 1.89 bits per heavy atom. The number of halogens is 1. The van der Waals surface area contributed by atoms with Crippen LogP contribution in [0.1, 0.15) is 46.0 Å². The molecule has 0 aliphatic heterocycles. The summed E-state index contributed by atoms with van der Waals surface area (Å²) >= 11 is 0. The van der Waals surface area contributed by atoms with Gasteiger partial charge in [-0.2, -0.15) is 8.42 Å². The molecule has 0 aromatic heterocycles. The highest BCUT2D eigenvalue weighted by Gasteiger charge is 2.60. The smallest absolute Gasteiger partial charge is 0.282 e. The van der Waals surface area contributed by atoms with E-state index in [1.54, 1.807) is 0 Å². The van der Waals surface area contributed by atoms with Crippen LogP contribution in [0.4, 0.5) is 4.39 Å². The summed E-state index contributed by atoms with van der Waals surface area (Å²) in [6.45, 7) is 2.27. The van der Waals surface area contributed by atoms with Crippen molar-refractivity contribution in [3.05, 3.63) is 0 Å². The van der Waals surface area contributed by atoms with Gasteiger partial charge in [-0.25, -0.2) is 12.8 Å². The van der Waals surface area contributed by atoms with E-state index in [2.05, 4.69) is 0 Å². The molecule has 0 heterocycles. The van der Waals surface area contributed by atoms with Crippen LogP contribution in [0.15, 0.2) is 0 Å². The molecule has 0 spiro atoms. The molecular formula is C10H19FO5S2. The molecule has 8 heteroatoms. The minimum absolute atomic E-state index is 0.246. The van der Waals surface area contributed by atoms with Crippen molar-refractivity contribution in [1.82, 2.24) is 0 Å². The first-order valence-electron chi connectivity index (χ1n) is 5.94. The van der Waals surface area contributed by atoms with E-state index in [0.717, 1.165) is 20.3 Å². The van der Waals surface area contributed by atoms with Crippen LogP contribution >= 0.6 is 0 Å². The van der Waals surface area contributed by atoms with Gasteiger partial charge in [-0.1, -0.05) is 33.1 Å². The lowest BCUT2D eigenvalue weighted by molar-refractivity contribution is 0.257. The van der Waals surface area contributed by atoms with E-state index in [9.17, 15) is 21.2 Å². The Kier molecular flexibility index (Phi) is 4.45. The van der Waals surface area contributed by atoms with Crippen molar-refractivity contribution in [1.29, 1.82) is 0 Å². The Balaban J connectivity index is 3.29. The zero-order valence-corrected chi connectivity index (χ0v) is 12.1. The van der Waals surface area contributed by atoms with Gasteiger partial charge in [0.1, 0.15) is 0 Å². The number of rotatable bonds is 4. The van der Waals surface area contributed by atoms with Crippen LogP contribution in [0.3, 0.4) is 0 Å². The molecule has 0 saturated heterocycles. The largest absolute Gasteiger partial charge is 0.335 e. The molecule has 0 bridgehead atoms. The second kappa shape index (κ2) is 5.05. The van der Waals surface area contributed by atoms with Crippen LogP contribution in [-0.2, 0) is 20.0 Å². The lowest BCUT2D eigenvalue weighted by Gasteiger charge is -2.31. The summed E-state index contributed by atoms with van der Waals surface area (Å²) in [5.41, 5.74) is 0. The molecule has 1 unspecified atom stereocenters. The highest BCUT2D eigenvalue weighted by atomic mass is 32.3. The fourth-order valence-electron chi connectivity index (χ4n) is 2.38. The second-order valence-electron chi connectivity index (χ2n) is 5.02. The Morgan fingerprint density at radius 2 is 1.56 bits per heavy atom. The van der Waals surface area contributed by atoms with Crippen molar-refractivity contribution in [3.8, 4) is 0 Å². The van der Waals surface area contributed by atoms with Crippen molar-refractivity contribution in [3.63, 3.8) is 0 Å². The van der Waals surface area contributed by atoms with Crippen LogP contribution in [-0.4, -0.2) is 31.0 Å². The molecule has 1 aliphatic carbocycles. The van der Waals surface area contributed by atoms with Gasteiger partial charge >= 0.3 is 14.5 Å². The summed E-state index contributed by atoms with van der Waals surface area (Å²) in [4.78, 5) is 0. The molecule has 1 fully saturated rings. The quantitative estimate of drug-likeness (QED) is 0.801. The third-order valence-corrected chi connectivity index (χ3v) is 8.52. The van der Waals surface area contributed by atoms with Gasteiger partial charge in [-0.3, -0.25) is 4.55 Å². The van der Waals surface area contributed by atoms with Crippen molar-refractivity contribution in [2.24, 2.45) is 5.92 Å². The maximum Gasteiger partial charge on any atom is 0.335 e. The fourth-order valence-corrected chi connectivity index (χ4v) is 6.62. The van der Waals surface area contributed by atoms with Gasteiger partial charge in [0.15, 0.2) is 0 Å². The van der Waals surface area contributed by atoms with E-state index in [0.29, 0.717) is 12.8 Å². The van der Waals surface area contributed by atoms with Gasteiger partial charge in [-0.05, 0) is 12.8 Å². The van der Waals surface area contributed by atoms with Crippen molar-refractivity contribution >= 4 is 20.0 Å². The van der Waals surface area contributed by atoms with E-state index in [-0.39, 0.29) is 12.8 Å². The van der Waals surface area contributed by atoms with Crippen LogP contribution in [0.2, 0.25) is 0 Å². The molecular weight excluding hydrogens is 283 g/mol. The van der Waals surface area contributed by atoms with E-state index in [4.69, 9.17) is 4.55 Å². The number of sulfone groups is 1. The maximum absolute atomic E-state index is 14.6.